The van der Waals surface area contributed by atoms with Crippen molar-refractivity contribution >= 4 is 17.5 Å². The second kappa shape index (κ2) is 10.3. The van der Waals surface area contributed by atoms with Gasteiger partial charge in [0.2, 0.25) is 0 Å². The SMILES string of the molecule is COCc1c(C(CNC(=O)c2cc(-c3ncc(F)cc3F)on2)c2cccc(Cl)n2)c(C)nn1C. The molecule has 4 aromatic rings. The van der Waals surface area contributed by atoms with E-state index >= 15 is 0 Å². The first-order valence-electron chi connectivity index (χ1n) is 10.5. The van der Waals surface area contributed by atoms with Gasteiger partial charge in [0.15, 0.2) is 17.3 Å². The summed E-state index contributed by atoms with van der Waals surface area (Å²) in [6.07, 6.45) is 0.844. The van der Waals surface area contributed by atoms with Gasteiger partial charge in [-0.25, -0.2) is 18.7 Å². The van der Waals surface area contributed by atoms with Crippen LogP contribution in [-0.4, -0.2) is 44.5 Å². The fraction of sp³-hybridized carbons (Fsp3) is 0.261. The molecule has 0 aliphatic rings. The first-order valence-corrected chi connectivity index (χ1v) is 10.9. The largest absolute Gasteiger partial charge is 0.378 e. The summed E-state index contributed by atoms with van der Waals surface area (Å²) in [4.78, 5) is 21.0. The molecule has 12 heteroatoms. The number of amides is 1. The Morgan fingerprint density at radius 3 is 2.83 bits per heavy atom. The second-order valence-corrected chi connectivity index (χ2v) is 8.10. The number of carbonyl (C=O) groups is 1. The molecule has 0 spiro atoms. The Morgan fingerprint density at radius 2 is 2.11 bits per heavy atom. The third-order valence-corrected chi connectivity index (χ3v) is 5.58. The number of rotatable bonds is 8. The van der Waals surface area contributed by atoms with Gasteiger partial charge < -0.3 is 14.6 Å². The molecule has 0 saturated heterocycles. The zero-order chi connectivity index (χ0) is 25.1. The summed E-state index contributed by atoms with van der Waals surface area (Å²) in [7, 11) is 3.40. The fourth-order valence-electron chi connectivity index (χ4n) is 3.83. The van der Waals surface area contributed by atoms with Crippen molar-refractivity contribution in [1.29, 1.82) is 0 Å². The van der Waals surface area contributed by atoms with Crippen molar-refractivity contribution < 1.29 is 22.8 Å². The standard InChI is InChI=1S/C23H21ClF2N6O3/c1-12-21(18(11-34-3)32(2)30-12)14(16-5-4-6-20(24)29-16)10-28-23(33)17-8-19(35-31-17)22-15(26)7-13(25)9-27-22/h4-9,14H,10-11H2,1-3H3,(H,28,33). The molecule has 0 radical (unpaired) electrons. The van der Waals surface area contributed by atoms with Gasteiger partial charge in [0.05, 0.1) is 29.9 Å². The lowest BCUT2D eigenvalue weighted by molar-refractivity contribution is 0.0943. The molecule has 35 heavy (non-hydrogen) atoms. The van der Waals surface area contributed by atoms with E-state index in [9.17, 15) is 13.6 Å². The third-order valence-electron chi connectivity index (χ3n) is 5.37. The van der Waals surface area contributed by atoms with E-state index in [2.05, 4.69) is 25.5 Å². The number of aryl methyl sites for hydroxylation is 2. The van der Waals surface area contributed by atoms with Crippen molar-refractivity contribution in [3.05, 3.63) is 81.7 Å². The lowest BCUT2D eigenvalue weighted by Gasteiger charge is -2.19. The highest BCUT2D eigenvalue weighted by Crippen LogP contribution is 2.30. The highest BCUT2D eigenvalue weighted by molar-refractivity contribution is 6.29. The minimum atomic E-state index is -0.932. The average molecular weight is 503 g/mol. The zero-order valence-corrected chi connectivity index (χ0v) is 19.8. The molecular formula is C23H21ClF2N6O3. The minimum absolute atomic E-state index is 0.0941. The number of hydrogen-bond donors (Lipinski definition) is 1. The van der Waals surface area contributed by atoms with Crippen LogP contribution in [0.2, 0.25) is 5.15 Å². The van der Waals surface area contributed by atoms with Crippen LogP contribution in [0.5, 0.6) is 0 Å². The van der Waals surface area contributed by atoms with Gasteiger partial charge in [-0.2, -0.15) is 5.10 Å². The van der Waals surface area contributed by atoms with Gasteiger partial charge in [0, 0.05) is 44.3 Å². The predicted octanol–water partition coefficient (Wildman–Crippen LogP) is 3.81. The topological polar surface area (TPSA) is 108 Å². The van der Waals surface area contributed by atoms with Crippen LogP contribution in [0.25, 0.3) is 11.5 Å². The maximum Gasteiger partial charge on any atom is 0.273 e. The summed E-state index contributed by atoms with van der Waals surface area (Å²) in [6, 6.07) is 7.14. The maximum atomic E-state index is 14.0. The Balaban J connectivity index is 1.61. The molecule has 0 saturated carbocycles. The molecule has 182 valence electrons. The molecule has 0 aromatic carbocycles. The molecular weight excluding hydrogens is 482 g/mol. The molecule has 1 N–H and O–H groups in total. The second-order valence-electron chi connectivity index (χ2n) is 7.71. The summed E-state index contributed by atoms with van der Waals surface area (Å²) in [6.45, 7) is 2.29. The molecule has 0 fully saturated rings. The number of methoxy groups -OCH3 is 1. The number of ether oxygens (including phenoxy) is 1. The van der Waals surface area contributed by atoms with Crippen molar-refractivity contribution in [3.63, 3.8) is 0 Å². The van der Waals surface area contributed by atoms with E-state index in [1.165, 1.54) is 6.07 Å². The Hall–Kier alpha value is -3.70. The Kier molecular flexibility index (Phi) is 7.17. The molecule has 1 atom stereocenters. The summed E-state index contributed by atoms with van der Waals surface area (Å²) in [5, 5.41) is 11.3. The van der Waals surface area contributed by atoms with Crippen molar-refractivity contribution in [1.82, 2.24) is 30.2 Å². The van der Waals surface area contributed by atoms with Gasteiger partial charge >= 0.3 is 0 Å². The number of aromatic nitrogens is 5. The van der Waals surface area contributed by atoms with Crippen LogP contribution in [0.1, 0.15) is 39.1 Å². The van der Waals surface area contributed by atoms with Gasteiger partial charge in [0.25, 0.3) is 5.91 Å². The molecule has 1 unspecified atom stereocenters. The van der Waals surface area contributed by atoms with E-state index in [4.69, 9.17) is 20.9 Å². The lowest BCUT2D eigenvalue weighted by Crippen LogP contribution is -2.30. The molecule has 4 aromatic heterocycles. The molecule has 9 nitrogen and oxygen atoms in total. The number of pyridine rings is 2. The van der Waals surface area contributed by atoms with Crippen LogP contribution in [0, 0.1) is 18.6 Å². The van der Waals surface area contributed by atoms with E-state index in [1.807, 2.05) is 20.0 Å². The van der Waals surface area contributed by atoms with Crippen molar-refractivity contribution in [2.45, 2.75) is 19.4 Å². The third kappa shape index (κ3) is 5.20. The van der Waals surface area contributed by atoms with Crippen LogP contribution in [-0.2, 0) is 18.4 Å². The van der Waals surface area contributed by atoms with Gasteiger partial charge in [-0.05, 0) is 19.1 Å². The first kappa shape index (κ1) is 24.4. The molecule has 0 bridgehead atoms. The Bertz CT molecular complexity index is 1370. The van der Waals surface area contributed by atoms with Crippen molar-refractivity contribution in [2.75, 3.05) is 13.7 Å². The van der Waals surface area contributed by atoms with E-state index in [1.54, 1.807) is 23.9 Å². The summed E-state index contributed by atoms with van der Waals surface area (Å²) >= 11 is 6.14. The van der Waals surface area contributed by atoms with Gasteiger partial charge in [0.1, 0.15) is 16.7 Å². The number of nitrogens with zero attached hydrogens (tertiary/aromatic N) is 5. The fourth-order valence-corrected chi connectivity index (χ4v) is 4.00. The van der Waals surface area contributed by atoms with E-state index < -0.39 is 23.5 Å². The number of nitrogens with one attached hydrogen (secondary N) is 1. The van der Waals surface area contributed by atoms with Gasteiger partial charge in [-0.3, -0.25) is 9.48 Å². The summed E-state index contributed by atoms with van der Waals surface area (Å²) < 4.78 is 39.3. The lowest BCUT2D eigenvalue weighted by atomic mass is 9.92. The van der Waals surface area contributed by atoms with Gasteiger partial charge in [-0.1, -0.05) is 22.8 Å². The van der Waals surface area contributed by atoms with Crippen LogP contribution in [0.3, 0.4) is 0 Å². The average Bonchev–Trinajstić information content (AvgIpc) is 3.40. The number of carbonyl (C=O) groups excluding carboxylic acids is 1. The van der Waals surface area contributed by atoms with E-state index in [0.29, 0.717) is 23.5 Å². The highest BCUT2D eigenvalue weighted by atomic mass is 35.5. The molecule has 4 rings (SSSR count). The first-order chi connectivity index (χ1) is 16.8. The minimum Gasteiger partial charge on any atom is -0.378 e. The predicted molar refractivity (Wildman–Crippen MR) is 122 cm³/mol. The van der Waals surface area contributed by atoms with Crippen molar-refractivity contribution in [2.24, 2.45) is 7.05 Å². The molecule has 1 amide bonds. The number of hydrogen-bond acceptors (Lipinski definition) is 7. The maximum absolute atomic E-state index is 14.0. The Labute approximate surface area is 204 Å². The number of halogens is 3. The van der Waals surface area contributed by atoms with Crippen LogP contribution >= 0.6 is 11.6 Å². The zero-order valence-electron chi connectivity index (χ0n) is 19.1. The van der Waals surface area contributed by atoms with Crippen LogP contribution in [0.15, 0.2) is 41.1 Å². The summed E-state index contributed by atoms with van der Waals surface area (Å²) in [5.74, 6) is -2.84. The monoisotopic (exact) mass is 502 g/mol. The molecule has 0 aliphatic carbocycles. The normalized spacial score (nSPS) is 12.1. The van der Waals surface area contributed by atoms with Gasteiger partial charge in [-0.15, -0.1) is 0 Å². The quantitative estimate of drug-likeness (QED) is 0.365. The van der Waals surface area contributed by atoms with Crippen LogP contribution < -0.4 is 5.32 Å². The van der Waals surface area contributed by atoms with E-state index in [0.717, 1.165) is 23.1 Å². The summed E-state index contributed by atoms with van der Waals surface area (Å²) in [5.41, 5.74) is 2.71. The Morgan fingerprint density at radius 1 is 1.31 bits per heavy atom. The van der Waals surface area contributed by atoms with Crippen molar-refractivity contribution in [3.8, 4) is 11.5 Å². The molecule has 4 heterocycles. The van der Waals surface area contributed by atoms with E-state index in [-0.39, 0.29) is 23.7 Å². The smallest absolute Gasteiger partial charge is 0.273 e. The highest BCUT2D eigenvalue weighted by Gasteiger charge is 2.27. The molecule has 0 aliphatic heterocycles. The van der Waals surface area contributed by atoms with Crippen LogP contribution in [0.4, 0.5) is 8.78 Å².